The number of H-pyrrole nitrogens is 1. The first-order valence-corrected chi connectivity index (χ1v) is 7.41. The van der Waals surface area contributed by atoms with E-state index in [1.807, 2.05) is 47.2 Å². The Morgan fingerprint density at radius 2 is 2.32 bits per heavy atom. The van der Waals surface area contributed by atoms with Crippen LogP contribution in [0.3, 0.4) is 0 Å². The molecule has 22 heavy (non-hydrogen) atoms. The minimum absolute atomic E-state index is 0.0860. The average Bonchev–Trinajstić information content (AvgIpc) is 3.25. The number of carbonyl (C=O) groups excluding carboxylic acids is 1. The van der Waals surface area contributed by atoms with Gasteiger partial charge < -0.3 is 9.88 Å². The number of aromatic nitrogens is 4. The number of hydrogen-bond acceptors (Lipinski definition) is 3. The molecule has 0 spiro atoms. The van der Waals surface area contributed by atoms with Crippen molar-refractivity contribution in [2.24, 2.45) is 7.05 Å². The van der Waals surface area contributed by atoms with Gasteiger partial charge in [-0.3, -0.25) is 9.48 Å². The second kappa shape index (κ2) is 4.98. The summed E-state index contributed by atoms with van der Waals surface area (Å²) in [6.45, 7) is 1.55. The highest BCUT2D eigenvalue weighted by Crippen LogP contribution is 2.28. The van der Waals surface area contributed by atoms with Crippen LogP contribution in [0.1, 0.15) is 28.3 Å². The van der Waals surface area contributed by atoms with E-state index < -0.39 is 0 Å². The van der Waals surface area contributed by atoms with Gasteiger partial charge in [-0.05, 0) is 30.2 Å². The molecule has 1 fully saturated rings. The number of amides is 1. The van der Waals surface area contributed by atoms with Crippen LogP contribution in [0.15, 0.2) is 36.9 Å². The molecule has 1 aliphatic rings. The van der Waals surface area contributed by atoms with E-state index in [0.717, 1.165) is 30.5 Å². The standard InChI is InChI=1S/C16H17N5O/c1-20-8-13(7-19-20)12-4-5-21(9-12)16(22)11-2-3-14-15(6-11)18-10-17-14/h2-3,6-8,10,12H,4-5,9H2,1H3,(H,17,18). The molecule has 1 aromatic carbocycles. The van der Waals surface area contributed by atoms with E-state index in [9.17, 15) is 4.79 Å². The highest BCUT2D eigenvalue weighted by molar-refractivity contribution is 5.97. The van der Waals surface area contributed by atoms with Crippen LogP contribution in [0.2, 0.25) is 0 Å². The minimum atomic E-state index is 0.0860. The maximum absolute atomic E-state index is 12.7. The molecule has 3 heterocycles. The maximum atomic E-state index is 12.7. The van der Waals surface area contributed by atoms with Crippen molar-refractivity contribution in [2.75, 3.05) is 13.1 Å². The topological polar surface area (TPSA) is 66.8 Å². The molecule has 112 valence electrons. The van der Waals surface area contributed by atoms with Gasteiger partial charge in [-0.2, -0.15) is 5.10 Å². The van der Waals surface area contributed by atoms with Crippen LogP contribution in [0, 0.1) is 0 Å². The van der Waals surface area contributed by atoms with Crippen molar-refractivity contribution in [1.82, 2.24) is 24.6 Å². The number of benzene rings is 1. The Kier molecular flexibility index (Phi) is 2.96. The van der Waals surface area contributed by atoms with Crippen molar-refractivity contribution in [3.05, 3.63) is 48.0 Å². The first kappa shape index (κ1) is 13.1. The zero-order valence-corrected chi connectivity index (χ0v) is 12.4. The predicted octanol–water partition coefficient (Wildman–Crippen LogP) is 1.93. The summed E-state index contributed by atoms with van der Waals surface area (Å²) in [5, 5.41) is 4.22. The second-order valence-electron chi connectivity index (χ2n) is 5.82. The molecule has 0 aliphatic carbocycles. The Hall–Kier alpha value is -2.63. The molecule has 2 aromatic heterocycles. The van der Waals surface area contributed by atoms with Crippen molar-refractivity contribution in [3.63, 3.8) is 0 Å². The van der Waals surface area contributed by atoms with Crippen molar-refractivity contribution in [1.29, 1.82) is 0 Å². The zero-order chi connectivity index (χ0) is 15.1. The molecule has 6 nitrogen and oxygen atoms in total. The number of nitrogens with one attached hydrogen (secondary N) is 1. The fraction of sp³-hybridized carbons (Fsp3) is 0.312. The first-order chi connectivity index (χ1) is 10.7. The number of aryl methyl sites for hydroxylation is 1. The van der Waals surface area contributed by atoms with Crippen LogP contribution in [-0.4, -0.2) is 43.6 Å². The number of aromatic amines is 1. The lowest BCUT2D eigenvalue weighted by Crippen LogP contribution is -2.28. The summed E-state index contributed by atoms with van der Waals surface area (Å²) < 4.78 is 1.81. The maximum Gasteiger partial charge on any atom is 0.253 e. The average molecular weight is 295 g/mol. The van der Waals surface area contributed by atoms with Gasteiger partial charge in [0.25, 0.3) is 5.91 Å². The van der Waals surface area contributed by atoms with Crippen LogP contribution in [-0.2, 0) is 7.05 Å². The van der Waals surface area contributed by atoms with Crippen LogP contribution >= 0.6 is 0 Å². The quantitative estimate of drug-likeness (QED) is 0.785. The van der Waals surface area contributed by atoms with Gasteiger partial charge in [-0.15, -0.1) is 0 Å². The molecule has 6 heteroatoms. The normalized spacial score (nSPS) is 18.2. The molecule has 1 amide bonds. The number of imidazole rings is 1. The van der Waals surface area contributed by atoms with E-state index in [1.165, 1.54) is 5.56 Å². The van der Waals surface area contributed by atoms with Gasteiger partial charge in [0, 0.05) is 37.8 Å². The minimum Gasteiger partial charge on any atom is -0.345 e. The summed E-state index contributed by atoms with van der Waals surface area (Å²) in [5.41, 5.74) is 3.70. The highest BCUT2D eigenvalue weighted by atomic mass is 16.2. The monoisotopic (exact) mass is 295 g/mol. The largest absolute Gasteiger partial charge is 0.345 e. The third-order valence-electron chi connectivity index (χ3n) is 4.34. The van der Waals surface area contributed by atoms with Gasteiger partial charge in [0.05, 0.1) is 23.6 Å². The number of carbonyl (C=O) groups is 1. The molecule has 0 radical (unpaired) electrons. The third-order valence-corrected chi connectivity index (χ3v) is 4.34. The fourth-order valence-electron chi connectivity index (χ4n) is 3.12. The van der Waals surface area contributed by atoms with E-state index in [2.05, 4.69) is 15.1 Å². The predicted molar refractivity (Wildman–Crippen MR) is 82.6 cm³/mol. The molecule has 1 unspecified atom stereocenters. The molecule has 1 N–H and O–H groups in total. The van der Waals surface area contributed by atoms with Gasteiger partial charge in [-0.1, -0.05) is 0 Å². The number of fused-ring (bicyclic) bond motifs is 1. The lowest BCUT2D eigenvalue weighted by atomic mass is 10.0. The van der Waals surface area contributed by atoms with Crippen LogP contribution in [0.4, 0.5) is 0 Å². The lowest BCUT2D eigenvalue weighted by molar-refractivity contribution is 0.0791. The smallest absolute Gasteiger partial charge is 0.253 e. The molecule has 0 saturated carbocycles. The molecule has 1 atom stereocenters. The lowest BCUT2D eigenvalue weighted by Gasteiger charge is -2.16. The summed E-state index contributed by atoms with van der Waals surface area (Å²) in [4.78, 5) is 21.8. The molecule has 3 aromatic rings. The van der Waals surface area contributed by atoms with Crippen molar-refractivity contribution >= 4 is 16.9 Å². The van der Waals surface area contributed by atoms with Gasteiger partial charge >= 0.3 is 0 Å². The van der Waals surface area contributed by atoms with Gasteiger partial charge in [-0.25, -0.2) is 4.98 Å². The molecule has 4 rings (SSSR count). The van der Waals surface area contributed by atoms with E-state index in [0.29, 0.717) is 11.5 Å². The van der Waals surface area contributed by atoms with Crippen LogP contribution in [0.5, 0.6) is 0 Å². The third kappa shape index (κ3) is 2.16. The summed E-state index contributed by atoms with van der Waals surface area (Å²) in [5.74, 6) is 0.469. The second-order valence-corrected chi connectivity index (χ2v) is 5.82. The van der Waals surface area contributed by atoms with Gasteiger partial charge in [0.2, 0.25) is 0 Å². The molecule has 1 aliphatic heterocycles. The molecule has 1 saturated heterocycles. The zero-order valence-electron chi connectivity index (χ0n) is 12.4. The molecule has 0 bridgehead atoms. The van der Waals surface area contributed by atoms with E-state index in [-0.39, 0.29) is 5.91 Å². The van der Waals surface area contributed by atoms with E-state index in [1.54, 1.807) is 6.33 Å². The molecular weight excluding hydrogens is 278 g/mol. The number of likely N-dealkylation sites (tertiary alicyclic amines) is 1. The van der Waals surface area contributed by atoms with Crippen molar-refractivity contribution < 1.29 is 4.79 Å². The van der Waals surface area contributed by atoms with E-state index >= 15 is 0 Å². The fourth-order valence-corrected chi connectivity index (χ4v) is 3.12. The SMILES string of the molecule is Cn1cc(C2CCN(C(=O)c3ccc4nc[nH]c4c3)C2)cn1. The Balaban J connectivity index is 1.53. The molecular formula is C16H17N5O. The first-order valence-electron chi connectivity index (χ1n) is 7.41. The van der Waals surface area contributed by atoms with Crippen molar-refractivity contribution in [3.8, 4) is 0 Å². The van der Waals surface area contributed by atoms with Crippen LogP contribution in [0.25, 0.3) is 11.0 Å². The Bertz CT molecular complexity index is 834. The Labute approximate surface area is 127 Å². The van der Waals surface area contributed by atoms with Crippen molar-refractivity contribution in [2.45, 2.75) is 12.3 Å². The summed E-state index contributed by atoms with van der Waals surface area (Å²) >= 11 is 0. The summed E-state index contributed by atoms with van der Waals surface area (Å²) in [7, 11) is 1.92. The summed E-state index contributed by atoms with van der Waals surface area (Å²) in [6, 6.07) is 5.61. The highest BCUT2D eigenvalue weighted by Gasteiger charge is 2.28. The Morgan fingerprint density at radius 3 is 3.14 bits per heavy atom. The van der Waals surface area contributed by atoms with Gasteiger partial charge in [0.15, 0.2) is 0 Å². The Morgan fingerprint density at radius 1 is 1.41 bits per heavy atom. The van der Waals surface area contributed by atoms with Gasteiger partial charge in [0.1, 0.15) is 0 Å². The summed E-state index contributed by atoms with van der Waals surface area (Å²) in [6.07, 6.45) is 6.57. The van der Waals surface area contributed by atoms with E-state index in [4.69, 9.17) is 0 Å². The number of rotatable bonds is 2. The number of hydrogen-bond donors (Lipinski definition) is 1. The van der Waals surface area contributed by atoms with Crippen LogP contribution < -0.4 is 0 Å². The number of nitrogens with zero attached hydrogens (tertiary/aromatic N) is 4.